The molecule has 1 aromatic heterocycles. The van der Waals surface area contributed by atoms with Gasteiger partial charge >= 0.3 is 5.97 Å². The molecule has 8 nitrogen and oxygen atoms in total. The third-order valence-corrected chi connectivity index (χ3v) is 3.79. The van der Waals surface area contributed by atoms with E-state index in [1.807, 2.05) is 6.92 Å². The molecule has 0 spiro atoms. The number of carbonyl (C=O) groups excluding carboxylic acids is 1. The summed E-state index contributed by atoms with van der Waals surface area (Å²) in [6, 6.07) is 0. The summed E-state index contributed by atoms with van der Waals surface area (Å²) in [4.78, 5) is 29.4. The molecule has 1 aromatic rings. The van der Waals surface area contributed by atoms with Crippen molar-refractivity contribution in [3.63, 3.8) is 0 Å². The predicted octanol–water partition coefficient (Wildman–Crippen LogP) is 0.995. The molecule has 1 aliphatic carbocycles. The van der Waals surface area contributed by atoms with E-state index < -0.39 is 0 Å². The number of ether oxygens (including phenoxy) is 1. The lowest BCUT2D eigenvalue weighted by molar-refractivity contribution is -0.148. The molecule has 22 heavy (non-hydrogen) atoms. The van der Waals surface area contributed by atoms with Gasteiger partial charge in [-0.1, -0.05) is 11.3 Å². The number of guanidine groups is 1. The lowest BCUT2D eigenvalue weighted by Gasteiger charge is -2.18. The molecular weight excluding hydrogens is 376 g/mol. The summed E-state index contributed by atoms with van der Waals surface area (Å²) in [5.41, 5.74) is 11.6. The van der Waals surface area contributed by atoms with Crippen LogP contribution < -0.4 is 11.5 Å². The summed E-state index contributed by atoms with van der Waals surface area (Å²) < 4.78 is 5.05. The standard InChI is InChI=1S/C11H16N4O2S.CH2O2.BrH/c1-2-17-9(16)6-3-4-7-8(5-6)18-11(14-7)15-10(12)13;2-1-3;/h6H,2-5H2,1H3,(H4,12,13,14,15);1H,(H,2,3);1H/t6-;;/m1../s1. The first-order valence-corrected chi connectivity index (χ1v) is 7.16. The monoisotopic (exact) mass is 394 g/mol. The highest BCUT2D eigenvalue weighted by atomic mass is 79.9. The lowest BCUT2D eigenvalue weighted by atomic mass is 9.91. The first-order valence-electron chi connectivity index (χ1n) is 6.34. The van der Waals surface area contributed by atoms with Gasteiger partial charge in [0.2, 0.25) is 5.13 Å². The highest BCUT2D eigenvalue weighted by Crippen LogP contribution is 2.33. The second kappa shape index (κ2) is 10.1. The molecule has 2 rings (SSSR count). The van der Waals surface area contributed by atoms with Gasteiger partial charge in [0, 0.05) is 4.88 Å². The van der Waals surface area contributed by atoms with Crippen molar-refractivity contribution in [2.75, 3.05) is 6.61 Å². The number of hydrogen-bond donors (Lipinski definition) is 3. The van der Waals surface area contributed by atoms with E-state index in [-0.39, 0.29) is 41.3 Å². The number of nitrogens with two attached hydrogens (primary N) is 2. The number of aryl methyl sites for hydroxylation is 1. The Balaban J connectivity index is 0.00000102. The average Bonchev–Trinajstić information content (AvgIpc) is 2.79. The summed E-state index contributed by atoms with van der Waals surface area (Å²) in [6.07, 6.45) is 2.22. The van der Waals surface area contributed by atoms with Crippen molar-refractivity contribution in [3.8, 4) is 0 Å². The SMILES string of the molecule is Br.CCOC(=O)[C@@H]1CCc2nc(N=C(N)N)sc2C1.O=CO. The number of halogens is 1. The van der Waals surface area contributed by atoms with Crippen molar-refractivity contribution in [1.29, 1.82) is 0 Å². The highest BCUT2D eigenvalue weighted by Gasteiger charge is 2.28. The van der Waals surface area contributed by atoms with Gasteiger partial charge in [-0.2, -0.15) is 4.99 Å². The number of esters is 1. The minimum absolute atomic E-state index is 0. The van der Waals surface area contributed by atoms with E-state index in [1.165, 1.54) is 11.3 Å². The van der Waals surface area contributed by atoms with E-state index in [0.717, 1.165) is 23.4 Å². The fourth-order valence-corrected chi connectivity index (χ4v) is 3.06. The van der Waals surface area contributed by atoms with Crippen molar-refractivity contribution >= 4 is 51.9 Å². The third kappa shape index (κ3) is 5.98. The molecule has 5 N–H and O–H groups in total. The Bertz CT molecular complexity index is 531. The zero-order valence-corrected chi connectivity index (χ0v) is 14.6. The number of carbonyl (C=O) groups is 2. The number of aromatic nitrogens is 1. The summed E-state index contributed by atoms with van der Waals surface area (Å²) in [6.45, 7) is 1.99. The Morgan fingerprint density at radius 3 is 2.77 bits per heavy atom. The van der Waals surface area contributed by atoms with Gasteiger partial charge in [-0.25, -0.2) is 4.98 Å². The molecule has 124 valence electrons. The van der Waals surface area contributed by atoms with E-state index in [2.05, 4.69) is 9.98 Å². The molecule has 0 unspecified atom stereocenters. The van der Waals surface area contributed by atoms with Gasteiger partial charge in [0.15, 0.2) is 5.96 Å². The van der Waals surface area contributed by atoms with Crippen LogP contribution in [-0.4, -0.2) is 35.1 Å². The van der Waals surface area contributed by atoms with Crippen LogP contribution in [0.3, 0.4) is 0 Å². The maximum absolute atomic E-state index is 11.7. The third-order valence-electron chi connectivity index (χ3n) is 2.77. The molecule has 0 radical (unpaired) electrons. The molecular formula is C12H19BrN4O4S. The Kier molecular flexibility index (Phi) is 9.34. The van der Waals surface area contributed by atoms with E-state index in [9.17, 15) is 4.79 Å². The van der Waals surface area contributed by atoms with E-state index in [0.29, 0.717) is 18.2 Å². The smallest absolute Gasteiger partial charge is 0.309 e. The fraction of sp³-hybridized carbons (Fsp3) is 0.500. The normalized spacial score (nSPS) is 15.2. The number of hydrogen-bond acceptors (Lipinski definition) is 6. The van der Waals surface area contributed by atoms with Crippen LogP contribution in [0, 0.1) is 5.92 Å². The van der Waals surface area contributed by atoms with Crippen LogP contribution in [0.25, 0.3) is 0 Å². The van der Waals surface area contributed by atoms with Gasteiger partial charge < -0.3 is 21.3 Å². The maximum atomic E-state index is 11.7. The van der Waals surface area contributed by atoms with Gasteiger partial charge in [-0.05, 0) is 26.2 Å². The zero-order valence-electron chi connectivity index (χ0n) is 12.0. The Hall–Kier alpha value is -1.68. The van der Waals surface area contributed by atoms with Crippen molar-refractivity contribution in [2.24, 2.45) is 22.4 Å². The summed E-state index contributed by atoms with van der Waals surface area (Å²) in [7, 11) is 0. The molecule has 0 fully saturated rings. The Morgan fingerprint density at radius 1 is 1.59 bits per heavy atom. The molecule has 0 aliphatic heterocycles. The molecule has 1 atom stereocenters. The summed E-state index contributed by atoms with van der Waals surface area (Å²) in [5, 5.41) is 7.45. The molecule has 0 saturated heterocycles. The van der Waals surface area contributed by atoms with Crippen molar-refractivity contribution < 1.29 is 19.4 Å². The van der Waals surface area contributed by atoms with Crippen LogP contribution in [-0.2, 0) is 27.2 Å². The van der Waals surface area contributed by atoms with Crippen LogP contribution >= 0.6 is 28.3 Å². The fourth-order valence-electron chi connectivity index (χ4n) is 1.98. The first-order chi connectivity index (χ1) is 10.0. The first kappa shape index (κ1) is 20.3. The van der Waals surface area contributed by atoms with Gasteiger partial charge in [-0.3, -0.25) is 9.59 Å². The van der Waals surface area contributed by atoms with Crippen LogP contribution in [0.15, 0.2) is 4.99 Å². The second-order valence-electron chi connectivity index (χ2n) is 4.20. The highest BCUT2D eigenvalue weighted by molar-refractivity contribution is 8.93. The topological polar surface area (TPSA) is 141 Å². The van der Waals surface area contributed by atoms with Gasteiger partial charge in [0.25, 0.3) is 6.47 Å². The molecule has 0 aromatic carbocycles. The van der Waals surface area contributed by atoms with Gasteiger partial charge in [0.05, 0.1) is 18.2 Å². The molecule has 0 bridgehead atoms. The predicted molar refractivity (Wildman–Crippen MR) is 88.7 cm³/mol. The second-order valence-corrected chi connectivity index (χ2v) is 5.26. The van der Waals surface area contributed by atoms with Crippen LogP contribution in [0.4, 0.5) is 5.13 Å². The number of aliphatic imine (C=N–C) groups is 1. The summed E-state index contributed by atoms with van der Waals surface area (Å²) >= 11 is 1.44. The average molecular weight is 395 g/mol. The van der Waals surface area contributed by atoms with E-state index in [4.69, 9.17) is 26.1 Å². The number of thiazole rings is 1. The van der Waals surface area contributed by atoms with Crippen LogP contribution in [0.2, 0.25) is 0 Å². The van der Waals surface area contributed by atoms with Gasteiger partial charge in [0.1, 0.15) is 0 Å². The largest absolute Gasteiger partial charge is 0.483 e. The van der Waals surface area contributed by atoms with Crippen LogP contribution in [0.5, 0.6) is 0 Å². The molecule has 10 heteroatoms. The number of nitrogens with zero attached hydrogens (tertiary/aromatic N) is 2. The summed E-state index contributed by atoms with van der Waals surface area (Å²) in [5.74, 6) is -0.187. The zero-order chi connectivity index (χ0) is 15.8. The van der Waals surface area contributed by atoms with E-state index in [1.54, 1.807) is 0 Å². The Morgan fingerprint density at radius 2 is 2.23 bits per heavy atom. The number of rotatable bonds is 3. The van der Waals surface area contributed by atoms with Crippen LogP contribution in [0.1, 0.15) is 23.9 Å². The minimum Gasteiger partial charge on any atom is -0.483 e. The number of fused-ring (bicyclic) bond motifs is 1. The number of carboxylic acid groups (broad SMARTS) is 1. The lowest BCUT2D eigenvalue weighted by Crippen LogP contribution is -2.24. The quantitative estimate of drug-likeness (QED) is 0.300. The molecule has 1 heterocycles. The minimum atomic E-state index is -0.250. The van der Waals surface area contributed by atoms with E-state index >= 15 is 0 Å². The van der Waals surface area contributed by atoms with Crippen molar-refractivity contribution in [3.05, 3.63) is 10.6 Å². The van der Waals surface area contributed by atoms with Gasteiger partial charge in [-0.15, -0.1) is 17.0 Å². The Labute approximate surface area is 142 Å². The van der Waals surface area contributed by atoms with Crippen molar-refractivity contribution in [1.82, 2.24) is 4.98 Å². The molecule has 1 aliphatic rings. The maximum Gasteiger partial charge on any atom is 0.309 e. The van der Waals surface area contributed by atoms with Crippen molar-refractivity contribution in [2.45, 2.75) is 26.2 Å². The molecule has 0 amide bonds. The molecule has 0 saturated carbocycles.